The van der Waals surface area contributed by atoms with Gasteiger partial charge in [0.05, 0.1) is 12.7 Å². The number of aryl methyl sites for hydroxylation is 2. The number of hydrogen-bond donors (Lipinski definition) is 1. The minimum Gasteiger partial charge on any atom is -0.496 e. The number of amides is 2. The van der Waals surface area contributed by atoms with Crippen molar-refractivity contribution in [3.05, 3.63) is 64.9 Å². The molecule has 0 saturated carbocycles. The summed E-state index contributed by atoms with van der Waals surface area (Å²) in [5.74, 6) is -0.102. The number of anilines is 1. The van der Waals surface area contributed by atoms with Crippen LogP contribution in [0.4, 0.5) is 5.69 Å². The number of methoxy groups -OCH3 is 1. The number of para-hydroxylation sites is 1. The Morgan fingerprint density at radius 1 is 0.938 bits per heavy atom. The summed E-state index contributed by atoms with van der Waals surface area (Å²) in [4.78, 5) is 28.0. The van der Waals surface area contributed by atoms with Gasteiger partial charge in [0.15, 0.2) is 0 Å². The van der Waals surface area contributed by atoms with Gasteiger partial charge in [-0.25, -0.2) is 0 Å². The third-order valence-corrected chi connectivity index (χ3v) is 5.63. The van der Waals surface area contributed by atoms with E-state index in [9.17, 15) is 9.59 Å². The minimum atomic E-state index is -0.331. The molecule has 1 aliphatic heterocycles. The third-order valence-electron chi connectivity index (χ3n) is 5.63. The van der Waals surface area contributed by atoms with Crippen molar-refractivity contribution in [2.24, 2.45) is 0 Å². The van der Waals surface area contributed by atoms with Crippen molar-refractivity contribution in [3.63, 3.8) is 0 Å². The molecule has 0 aromatic heterocycles. The third kappa shape index (κ3) is 5.19. The van der Waals surface area contributed by atoms with Gasteiger partial charge in [-0.05, 0) is 56.0 Å². The zero-order valence-electron chi connectivity index (χ0n) is 19.4. The number of carbonyl (C=O) groups is 2. The zero-order chi connectivity index (χ0) is 23.1. The molecule has 6 nitrogen and oxygen atoms in total. The first-order valence-corrected chi connectivity index (χ1v) is 11.1. The fraction of sp³-hybridized carbons (Fsp3) is 0.385. The average molecular weight is 437 g/mol. The summed E-state index contributed by atoms with van der Waals surface area (Å²) in [6.45, 7) is 7.68. The SMILES string of the molecule is CCCCOCCCN1C(=O)C(Nc2ccc(C)c(C)c2)=C(c2ccccc2OC)C1=O. The summed E-state index contributed by atoms with van der Waals surface area (Å²) in [6, 6.07) is 13.2. The van der Waals surface area contributed by atoms with Gasteiger partial charge < -0.3 is 14.8 Å². The molecule has 0 fully saturated rings. The van der Waals surface area contributed by atoms with Crippen LogP contribution in [0.1, 0.15) is 42.9 Å². The molecule has 0 radical (unpaired) electrons. The molecule has 1 N–H and O–H groups in total. The Bertz CT molecular complexity index is 1010. The molecule has 0 saturated heterocycles. The molecule has 0 spiro atoms. The maximum absolute atomic E-state index is 13.4. The van der Waals surface area contributed by atoms with Crippen LogP contribution in [-0.2, 0) is 14.3 Å². The summed E-state index contributed by atoms with van der Waals surface area (Å²) in [6.07, 6.45) is 2.67. The molecule has 170 valence electrons. The van der Waals surface area contributed by atoms with Gasteiger partial charge in [-0.15, -0.1) is 0 Å². The van der Waals surface area contributed by atoms with Crippen molar-refractivity contribution in [1.82, 2.24) is 4.90 Å². The van der Waals surface area contributed by atoms with E-state index < -0.39 is 0 Å². The van der Waals surface area contributed by atoms with Crippen LogP contribution in [-0.4, -0.2) is 43.6 Å². The number of imide groups is 1. The number of benzene rings is 2. The van der Waals surface area contributed by atoms with Gasteiger partial charge in [0.1, 0.15) is 11.4 Å². The second kappa shape index (κ2) is 11.0. The predicted molar refractivity (Wildman–Crippen MR) is 127 cm³/mol. The summed E-state index contributed by atoms with van der Waals surface area (Å²) in [7, 11) is 1.56. The number of unbranched alkanes of at least 4 members (excludes halogenated alkanes) is 1. The van der Waals surface area contributed by atoms with Crippen LogP contribution in [0.25, 0.3) is 5.57 Å². The van der Waals surface area contributed by atoms with Crippen LogP contribution in [0.15, 0.2) is 48.2 Å². The molecular weight excluding hydrogens is 404 g/mol. The molecule has 2 aromatic carbocycles. The van der Waals surface area contributed by atoms with Crippen molar-refractivity contribution < 1.29 is 19.1 Å². The fourth-order valence-electron chi connectivity index (χ4n) is 3.63. The Morgan fingerprint density at radius 3 is 2.41 bits per heavy atom. The fourth-order valence-corrected chi connectivity index (χ4v) is 3.63. The monoisotopic (exact) mass is 436 g/mol. The largest absolute Gasteiger partial charge is 0.496 e. The van der Waals surface area contributed by atoms with Crippen molar-refractivity contribution >= 4 is 23.1 Å². The molecule has 2 amide bonds. The van der Waals surface area contributed by atoms with Crippen LogP contribution in [0.5, 0.6) is 5.75 Å². The van der Waals surface area contributed by atoms with Crippen molar-refractivity contribution in [3.8, 4) is 5.75 Å². The predicted octanol–water partition coefficient (Wildman–Crippen LogP) is 4.71. The average Bonchev–Trinajstić information content (AvgIpc) is 3.02. The molecule has 1 heterocycles. The second-order valence-corrected chi connectivity index (χ2v) is 7.96. The lowest BCUT2D eigenvalue weighted by molar-refractivity contribution is -0.137. The Balaban J connectivity index is 1.89. The molecule has 3 rings (SSSR count). The van der Waals surface area contributed by atoms with Crippen LogP contribution in [0, 0.1) is 13.8 Å². The Kier molecular flexibility index (Phi) is 8.06. The standard InChI is InChI=1S/C26H32N2O4/c1-5-6-15-32-16-9-14-28-25(29)23(21-10-7-8-11-22(21)31-4)24(26(28)30)27-20-13-12-18(2)19(3)17-20/h7-8,10-13,17,27H,5-6,9,14-16H2,1-4H3. The molecule has 0 atom stereocenters. The highest BCUT2D eigenvalue weighted by Gasteiger charge is 2.39. The second-order valence-electron chi connectivity index (χ2n) is 7.96. The van der Waals surface area contributed by atoms with E-state index in [4.69, 9.17) is 9.47 Å². The summed E-state index contributed by atoms with van der Waals surface area (Å²) in [5, 5.41) is 3.22. The number of nitrogens with one attached hydrogen (secondary N) is 1. The highest BCUT2D eigenvalue weighted by Crippen LogP contribution is 2.35. The smallest absolute Gasteiger partial charge is 0.278 e. The Labute approximate surface area is 190 Å². The van der Waals surface area contributed by atoms with E-state index in [1.807, 2.05) is 44.2 Å². The van der Waals surface area contributed by atoms with Crippen LogP contribution >= 0.6 is 0 Å². The molecule has 2 aromatic rings. The number of ether oxygens (including phenoxy) is 2. The van der Waals surface area contributed by atoms with Crippen LogP contribution in [0.2, 0.25) is 0 Å². The van der Waals surface area contributed by atoms with E-state index in [-0.39, 0.29) is 17.5 Å². The maximum atomic E-state index is 13.4. The van der Waals surface area contributed by atoms with Crippen molar-refractivity contribution in [2.45, 2.75) is 40.0 Å². The van der Waals surface area contributed by atoms with Gasteiger partial charge in [-0.1, -0.05) is 37.6 Å². The van der Waals surface area contributed by atoms with E-state index in [0.29, 0.717) is 43.1 Å². The van der Waals surface area contributed by atoms with Gasteiger partial charge in [0.25, 0.3) is 11.8 Å². The van der Waals surface area contributed by atoms with Gasteiger partial charge in [-0.2, -0.15) is 0 Å². The zero-order valence-corrected chi connectivity index (χ0v) is 19.4. The van der Waals surface area contributed by atoms with E-state index in [2.05, 4.69) is 12.2 Å². The quantitative estimate of drug-likeness (QED) is 0.408. The van der Waals surface area contributed by atoms with Gasteiger partial charge in [-0.3, -0.25) is 14.5 Å². The maximum Gasteiger partial charge on any atom is 0.278 e. The number of nitrogens with zero attached hydrogens (tertiary/aromatic N) is 1. The lowest BCUT2D eigenvalue weighted by Crippen LogP contribution is -2.34. The molecule has 0 aliphatic carbocycles. The molecule has 0 unspecified atom stereocenters. The molecule has 0 bridgehead atoms. The molecule has 6 heteroatoms. The van der Waals surface area contributed by atoms with Gasteiger partial charge >= 0.3 is 0 Å². The normalized spacial score (nSPS) is 13.8. The van der Waals surface area contributed by atoms with Gasteiger partial charge in [0.2, 0.25) is 0 Å². The molecular formula is C26H32N2O4. The molecule has 1 aliphatic rings. The molecule has 32 heavy (non-hydrogen) atoms. The minimum absolute atomic E-state index is 0.273. The Hall–Kier alpha value is -3.12. The summed E-state index contributed by atoms with van der Waals surface area (Å²) in [5.41, 5.74) is 4.23. The Morgan fingerprint density at radius 2 is 1.69 bits per heavy atom. The first-order chi connectivity index (χ1) is 15.5. The van der Waals surface area contributed by atoms with E-state index in [1.165, 1.54) is 4.90 Å². The summed E-state index contributed by atoms with van der Waals surface area (Å²) >= 11 is 0. The number of hydrogen-bond acceptors (Lipinski definition) is 5. The lowest BCUT2D eigenvalue weighted by Gasteiger charge is -2.15. The first kappa shape index (κ1) is 23.5. The van der Waals surface area contributed by atoms with E-state index in [0.717, 1.165) is 29.7 Å². The number of carbonyl (C=O) groups excluding carboxylic acids is 2. The van der Waals surface area contributed by atoms with E-state index >= 15 is 0 Å². The first-order valence-electron chi connectivity index (χ1n) is 11.1. The van der Waals surface area contributed by atoms with Gasteiger partial charge in [0, 0.05) is 31.0 Å². The number of rotatable bonds is 11. The van der Waals surface area contributed by atoms with E-state index in [1.54, 1.807) is 19.2 Å². The summed E-state index contributed by atoms with van der Waals surface area (Å²) < 4.78 is 11.1. The van der Waals surface area contributed by atoms with Crippen molar-refractivity contribution in [2.75, 3.05) is 32.2 Å². The lowest BCUT2D eigenvalue weighted by atomic mass is 10.0. The van der Waals surface area contributed by atoms with Crippen LogP contribution < -0.4 is 10.1 Å². The van der Waals surface area contributed by atoms with Crippen molar-refractivity contribution in [1.29, 1.82) is 0 Å². The highest BCUT2D eigenvalue weighted by atomic mass is 16.5. The van der Waals surface area contributed by atoms with Crippen LogP contribution in [0.3, 0.4) is 0 Å². The highest BCUT2D eigenvalue weighted by molar-refractivity contribution is 6.37. The topological polar surface area (TPSA) is 67.9 Å².